The van der Waals surface area contributed by atoms with Gasteiger partial charge in [0.1, 0.15) is 5.75 Å². The minimum absolute atomic E-state index is 0.115. The molecule has 110 valence electrons. The van der Waals surface area contributed by atoms with Gasteiger partial charge in [-0.15, -0.1) is 0 Å². The Balaban J connectivity index is 2.40. The van der Waals surface area contributed by atoms with Crippen molar-refractivity contribution in [2.24, 2.45) is 0 Å². The zero-order chi connectivity index (χ0) is 15.5. The van der Waals surface area contributed by atoms with E-state index in [0.717, 1.165) is 0 Å². The standard InChI is InChI=1S/C15H18N4O2/c16-8-1-10-19(11-2-9-17)15(20)7-12-21-14-5-3-13(18)4-6-14/h3-6H,1-2,7,10-12,18H2. The normalized spacial score (nSPS) is 9.43. The number of hydrogen-bond acceptors (Lipinski definition) is 5. The second-order valence-electron chi connectivity index (χ2n) is 4.36. The predicted octanol–water partition coefficient (Wildman–Crippen LogP) is 1.69. The maximum Gasteiger partial charge on any atom is 0.226 e. The summed E-state index contributed by atoms with van der Waals surface area (Å²) in [6, 6.07) is 10.9. The minimum atomic E-state index is -0.115. The van der Waals surface area contributed by atoms with Crippen molar-refractivity contribution in [3.8, 4) is 17.9 Å². The third-order valence-corrected chi connectivity index (χ3v) is 2.80. The van der Waals surface area contributed by atoms with E-state index in [1.807, 2.05) is 12.1 Å². The Morgan fingerprint density at radius 2 is 1.71 bits per heavy atom. The zero-order valence-corrected chi connectivity index (χ0v) is 11.8. The first-order valence-corrected chi connectivity index (χ1v) is 6.67. The van der Waals surface area contributed by atoms with E-state index in [-0.39, 0.29) is 31.8 Å². The number of nitrogens with two attached hydrogens (primary N) is 1. The molecule has 2 N–H and O–H groups in total. The number of ether oxygens (including phenoxy) is 1. The SMILES string of the molecule is N#CCCN(CCC#N)C(=O)CCOc1ccc(N)cc1. The molecular weight excluding hydrogens is 268 g/mol. The highest BCUT2D eigenvalue weighted by Crippen LogP contribution is 2.13. The van der Waals surface area contributed by atoms with Crippen LogP contribution in [0.5, 0.6) is 5.75 Å². The first kappa shape index (κ1) is 16.3. The molecule has 0 atom stereocenters. The van der Waals surface area contributed by atoms with Crippen molar-refractivity contribution < 1.29 is 9.53 Å². The molecular formula is C15H18N4O2. The molecule has 21 heavy (non-hydrogen) atoms. The van der Waals surface area contributed by atoms with Crippen LogP contribution in [0.15, 0.2) is 24.3 Å². The van der Waals surface area contributed by atoms with Gasteiger partial charge in [0.05, 0.1) is 38.0 Å². The highest BCUT2D eigenvalue weighted by molar-refractivity contribution is 5.76. The van der Waals surface area contributed by atoms with Gasteiger partial charge in [0, 0.05) is 18.8 Å². The molecule has 0 spiro atoms. The van der Waals surface area contributed by atoms with Gasteiger partial charge in [-0.3, -0.25) is 4.79 Å². The molecule has 0 aliphatic rings. The zero-order valence-electron chi connectivity index (χ0n) is 11.8. The predicted molar refractivity (Wildman–Crippen MR) is 78.0 cm³/mol. The van der Waals surface area contributed by atoms with Crippen molar-refractivity contribution >= 4 is 11.6 Å². The summed E-state index contributed by atoms with van der Waals surface area (Å²) in [6.07, 6.45) is 0.729. The Morgan fingerprint density at radius 1 is 1.14 bits per heavy atom. The molecule has 0 aliphatic carbocycles. The second kappa shape index (κ2) is 9.22. The van der Waals surface area contributed by atoms with Crippen LogP contribution >= 0.6 is 0 Å². The quantitative estimate of drug-likeness (QED) is 0.732. The van der Waals surface area contributed by atoms with Crippen LogP contribution in [0.3, 0.4) is 0 Å². The summed E-state index contributed by atoms with van der Waals surface area (Å²) >= 11 is 0. The average molecular weight is 286 g/mol. The van der Waals surface area contributed by atoms with E-state index in [4.69, 9.17) is 21.0 Å². The lowest BCUT2D eigenvalue weighted by Crippen LogP contribution is -2.33. The third-order valence-electron chi connectivity index (χ3n) is 2.80. The lowest BCUT2D eigenvalue weighted by atomic mass is 10.3. The van der Waals surface area contributed by atoms with E-state index in [0.29, 0.717) is 24.5 Å². The fourth-order valence-electron chi connectivity index (χ4n) is 1.71. The van der Waals surface area contributed by atoms with E-state index >= 15 is 0 Å². The number of hydrogen-bond donors (Lipinski definition) is 1. The van der Waals surface area contributed by atoms with Gasteiger partial charge in [-0.05, 0) is 24.3 Å². The fraction of sp³-hybridized carbons (Fsp3) is 0.400. The number of benzene rings is 1. The Kier molecular flexibility index (Phi) is 7.17. The van der Waals surface area contributed by atoms with E-state index in [2.05, 4.69) is 0 Å². The van der Waals surface area contributed by atoms with Crippen molar-refractivity contribution in [3.05, 3.63) is 24.3 Å². The summed E-state index contributed by atoms with van der Waals surface area (Å²) in [4.78, 5) is 13.5. The molecule has 0 heterocycles. The number of carbonyl (C=O) groups is 1. The van der Waals surface area contributed by atoms with Crippen LogP contribution in [0.2, 0.25) is 0 Å². The molecule has 0 unspecified atom stereocenters. The molecule has 1 aromatic carbocycles. The average Bonchev–Trinajstić information content (AvgIpc) is 2.49. The number of nitriles is 2. The maximum atomic E-state index is 12.0. The highest BCUT2D eigenvalue weighted by atomic mass is 16.5. The lowest BCUT2D eigenvalue weighted by Gasteiger charge is -2.20. The molecule has 6 heteroatoms. The van der Waals surface area contributed by atoms with Crippen molar-refractivity contribution in [3.63, 3.8) is 0 Å². The van der Waals surface area contributed by atoms with Crippen LogP contribution in [-0.2, 0) is 4.79 Å². The number of rotatable bonds is 8. The molecule has 0 fully saturated rings. The second-order valence-corrected chi connectivity index (χ2v) is 4.36. The van der Waals surface area contributed by atoms with E-state index < -0.39 is 0 Å². The topological polar surface area (TPSA) is 103 Å². The number of anilines is 1. The van der Waals surface area contributed by atoms with Crippen molar-refractivity contribution in [2.75, 3.05) is 25.4 Å². The lowest BCUT2D eigenvalue weighted by molar-refractivity contribution is -0.131. The van der Waals surface area contributed by atoms with Crippen LogP contribution in [0.4, 0.5) is 5.69 Å². The fourth-order valence-corrected chi connectivity index (χ4v) is 1.71. The number of nitrogen functional groups attached to an aromatic ring is 1. The molecule has 0 saturated carbocycles. The van der Waals surface area contributed by atoms with Crippen molar-refractivity contribution in [1.29, 1.82) is 10.5 Å². The Bertz CT molecular complexity index is 510. The summed E-state index contributed by atoms with van der Waals surface area (Å²) in [5.41, 5.74) is 6.22. The van der Waals surface area contributed by atoms with E-state index in [9.17, 15) is 4.79 Å². The molecule has 1 rings (SSSR count). The highest BCUT2D eigenvalue weighted by Gasteiger charge is 2.12. The van der Waals surface area contributed by atoms with Gasteiger partial charge >= 0.3 is 0 Å². The molecule has 0 saturated heterocycles. The van der Waals surface area contributed by atoms with Gasteiger partial charge in [-0.25, -0.2) is 0 Å². The minimum Gasteiger partial charge on any atom is -0.493 e. The van der Waals surface area contributed by atoms with Crippen LogP contribution < -0.4 is 10.5 Å². The van der Waals surface area contributed by atoms with Gasteiger partial charge in [0.15, 0.2) is 0 Å². The van der Waals surface area contributed by atoms with Gasteiger partial charge < -0.3 is 15.4 Å². The summed E-state index contributed by atoms with van der Waals surface area (Å²) in [6.45, 7) is 0.941. The monoisotopic (exact) mass is 286 g/mol. The van der Waals surface area contributed by atoms with E-state index in [1.165, 1.54) is 4.90 Å². The van der Waals surface area contributed by atoms with Crippen LogP contribution in [0, 0.1) is 22.7 Å². The summed E-state index contributed by atoms with van der Waals surface area (Å²) in [5, 5.41) is 17.2. The molecule has 0 aliphatic heterocycles. The largest absolute Gasteiger partial charge is 0.493 e. The van der Waals surface area contributed by atoms with Crippen LogP contribution in [-0.4, -0.2) is 30.5 Å². The number of carbonyl (C=O) groups excluding carboxylic acids is 1. The molecule has 0 aromatic heterocycles. The summed E-state index contributed by atoms with van der Waals surface area (Å²) in [5.74, 6) is 0.536. The third kappa shape index (κ3) is 6.31. The Hall–Kier alpha value is -2.73. The van der Waals surface area contributed by atoms with Crippen molar-refractivity contribution in [2.45, 2.75) is 19.3 Å². The smallest absolute Gasteiger partial charge is 0.226 e. The van der Waals surface area contributed by atoms with E-state index in [1.54, 1.807) is 24.3 Å². The van der Waals surface area contributed by atoms with Crippen molar-refractivity contribution in [1.82, 2.24) is 4.90 Å². The molecule has 0 radical (unpaired) electrons. The van der Waals surface area contributed by atoms with Gasteiger partial charge in [0.25, 0.3) is 0 Å². The first-order chi connectivity index (χ1) is 10.2. The molecule has 1 aromatic rings. The van der Waals surface area contributed by atoms with Gasteiger partial charge in [-0.2, -0.15) is 10.5 Å². The van der Waals surface area contributed by atoms with Crippen LogP contribution in [0.1, 0.15) is 19.3 Å². The number of nitrogens with zero attached hydrogens (tertiary/aromatic N) is 3. The molecule has 0 bridgehead atoms. The summed E-state index contributed by atoms with van der Waals surface area (Å²) < 4.78 is 5.46. The molecule has 1 amide bonds. The Labute approximate surface area is 124 Å². The first-order valence-electron chi connectivity index (χ1n) is 6.67. The number of amides is 1. The van der Waals surface area contributed by atoms with Gasteiger partial charge in [0.2, 0.25) is 5.91 Å². The Morgan fingerprint density at radius 3 is 2.24 bits per heavy atom. The van der Waals surface area contributed by atoms with Gasteiger partial charge in [-0.1, -0.05) is 0 Å². The van der Waals surface area contributed by atoms with Crippen LogP contribution in [0.25, 0.3) is 0 Å². The molecule has 6 nitrogen and oxygen atoms in total. The summed E-state index contributed by atoms with van der Waals surface area (Å²) in [7, 11) is 0. The maximum absolute atomic E-state index is 12.0.